The van der Waals surface area contributed by atoms with Crippen molar-refractivity contribution in [1.29, 1.82) is 0 Å². The fourth-order valence-corrected chi connectivity index (χ4v) is 2.15. The van der Waals surface area contributed by atoms with Crippen molar-refractivity contribution >= 4 is 11.9 Å². The number of aliphatic carboxylic acids is 1. The van der Waals surface area contributed by atoms with Crippen LogP contribution in [0.4, 0.5) is 0 Å². The third-order valence-corrected chi connectivity index (χ3v) is 3.74. The SMILES string of the molecule is Cn1cc(C(=O)NCCC(C)(C)C(=O)O)c(-c2ccccc2)n1. The predicted molar refractivity (Wildman–Crippen MR) is 87.0 cm³/mol. The van der Waals surface area contributed by atoms with Crippen LogP contribution in [0.3, 0.4) is 0 Å². The van der Waals surface area contributed by atoms with Gasteiger partial charge in [-0.15, -0.1) is 0 Å². The van der Waals surface area contributed by atoms with Gasteiger partial charge in [0, 0.05) is 25.4 Å². The van der Waals surface area contributed by atoms with Gasteiger partial charge in [-0.05, 0) is 20.3 Å². The number of carboxylic acids is 1. The van der Waals surface area contributed by atoms with Gasteiger partial charge in [0.25, 0.3) is 5.91 Å². The van der Waals surface area contributed by atoms with E-state index in [4.69, 9.17) is 5.11 Å². The predicted octanol–water partition coefficient (Wildman–Crippen LogP) is 2.32. The van der Waals surface area contributed by atoms with Gasteiger partial charge in [0.05, 0.1) is 11.0 Å². The number of nitrogens with one attached hydrogen (secondary N) is 1. The maximum absolute atomic E-state index is 12.4. The molecule has 0 radical (unpaired) electrons. The highest BCUT2D eigenvalue weighted by atomic mass is 16.4. The van der Waals surface area contributed by atoms with Gasteiger partial charge < -0.3 is 10.4 Å². The third kappa shape index (κ3) is 3.97. The molecule has 2 N–H and O–H groups in total. The number of hydrogen-bond donors (Lipinski definition) is 2. The molecule has 0 spiro atoms. The van der Waals surface area contributed by atoms with Crippen LogP contribution in [0.15, 0.2) is 36.5 Å². The molecule has 0 aliphatic rings. The molecule has 0 fully saturated rings. The fourth-order valence-electron chi connectivity index (χ4n) is 2.15. The Morgan fingerprint density at radius 3 is 2.52 bits per heavy atom. The second-order valence-corrected chi connectivity index (χ2v) is 6.13. The number of carbonyl (C=O) groups excluding carboxylic acids is 1. The van der Waals surface area contributed by atoms with Crippen LogP contribution in [0.5, 0.6) is 0 Å². The Hall–Kier alpha value is -2.63. The Morgan fingerprint density at radius 1 is 1.26 bits per heavy atom. The van der Waals surface area contributed by atoms with Gasteiger partial charge >= 0.3 is 5.97 Å². The zero-order valence-corrected chi connectivity index (χ0v) is 13.5. The zero-order valence-electron chi connectivity index (χ0n) is 13.5. The van der Waals surface area contributed by atoms with Crippen LogP contribution in [0.25, 0.3) is 11.3 Å². The first-order valence-corrected chi connectivity index (χ1v) is 7.42. The summed E-state index contributed by atoms with van der Waals surface area (Å²) in [6.45, 7) is 3.57. The summed E-state index contributed by atoms with van der Waals surface area (Å²) in [6.07, 6.45) is 2.02. The molecule has 0 saturated heterocycles. The minimum Gasteiger partial charge on any atom is -0.481 e. The molecule has 1 aromatic carbocycles. The van der Waals surface area contributed by atoms with E-state index in [2.05, 4.69) is 10.4 Å². The number of carboxylic acid groups (broad SMARTS) is 1. The Balaban J connectivity index is 2.10. The summed E-state index contributed by atoms with van der Waals surface area (Å²) in [5.41, 5.74) is 1.09. The average molecular weight is 315 g/mol. The van der Waals surface area contributed by atoms with Crippen molar-refractivity contribution in [2.45, 2.75) is 20.3 Å². The van der Waals surface area contributed by atoms with Crippen molar-refractivity contribution in [1.82, 2.24) is 15.1 Å². The molecule has 0 unspecified atom stereocenters. The van der Waals surface area contributed by atoms with Gasteiger partial charge in [0.15, 0.2) is 0 Å². The number of hydrogen-bond acceptors (Lipinski definition) is 3. The molecule has 0 aliphatic carbocycles. The zero-order chi connectivity index (χ0) is 17.0. The summed E-state index contributed by atoms with van der Waals surface area (Å²) in [5.74, 6) is -1.13. The third-order valence-electron chi connectivity index (χ3n) is 3.74. The summed E-state index contributed by atoms with van der Waals surface area (Å²) in [7, 11) is 1.76. The van der Waals surface area contributed by atoms with Crippen LogP contribution in [0, 0.1) is 5.41 Å². The minimum atomic E-state index is -0.877. The lowest BCUT2D eigenvalue weighted by molar-refractivity contribution is -0.147. The molecule has 1 amide bonds. The summed E-state index contributed by atoms with van der Waals surface area (Å²) < 4.78 is 1.60. The number of carbonyl (C=O) groups is 2. The molecule has 6 heteroatoms. The van der Waals surface area contributed by atoms with Gasteiger partial charge in [0.2, 0.25) is 0 Å². The molecule has 0 atom stereocenters. The first kappa shape index (κ1) is 16.7. The van der Waals surface area contributed by atoms with E-state index in [1.807, 2.05) is 30.3 Å². The minimum absolute atomic E-state index is 0.252. The van der Waals surface area contributed by atoms with E-state index in [-0.39, 0.29) is 5.91 Å². The van der Waals surface area contributed by atoms with Crippen LogP contribution in [0.1, 0.15) is 30.6 Å². The number of benzene rings is 1. The maximum atomic E-state index is 12.4. The van der Waals surface area contributed by atoms with Crippen LogP contribution in [-0.2, 0) is 11.8 Å². The molecule has 2 aromatic rings. The first-order valence-electron chi connectivity index (χ1n) is 7.42. The molecule has 122 valence electrons. The number of nitrogens with zero attached hydrogens (tertiary/aromatic N) is 2. The number of amides is 1. The van der Waals surface area contributed by atoms with Gasteiger partial charge in [-0.25, -0.2) is 0 Å². The van der Waals surface area contributed by atoms with Gasteiger partial charge in [-0.3, -0.25) is 14.3 Å². The summed E-state index contributed by atoms with van der Waals surface area (Å²) >= 11 is 0. The molecular weight excluding hydrogens is 294 g/mol. The van der Waals surface area contributed by atoms with Crippen molar-refractivity contribution in [3.8, 4) is 11.3 Å². The molecule has 1 aromatic heterocycles. The second kappa shape index (κ2) is 6.64. The van der Waals surface area contributed by atoms with Crippen LogP contribution >= 0.6 is 0 Å². The number of rotatable bonds is 6. The highest BCUT2D eigenvalue weighted by molar-refractivity contribution is 5.99. The summed E-state index contributed by atoms with van der Waals surface area (Å²) in [5, 5.41) is 16.2. The second-order valence-electron chi connectivity index (χ2n) is 6.13. The molecule has 6 nitrogen and oxygen atoms in total. The monoisotopic (exact) mass is 315 g/mol. The standard InChI is InChI=1S/C17H21N3O3/c1-17(2,16(22)23)9-10-18-15(21)13-11-20(3)19-14(13)12-7-5-4-6-8-12/h4-8,11H,9-10H2,1-3H3,(H,18,21)(H,22,23). The van der Waals surface area contributed by atoms with Crippen LogP contribution in [0.2, 0.25) is 0 Å². The fraction of sp³-hybridized carbons (Fsp3) is 0.353. The first-order chi connectivity index (χ1) is 10.8. The van der Waals surface area contributed by atoms with Crippen molar-refractivity contribution in [3.05, 3.63) is 42.1 Å². The molecule has 23 heavy (non-hydrogen) atoms. The molecule has 1 heterocycles. The van der Waals surface area contributed by atoms with Gasteiger partial charge in [0.1, 0.15) is 5.69 Å². The summed E-state index contributed by atoms with van der Waals surface area (Å²) in [6, 6.07) is 9.47. The van der Waals surface area contributed by atoms with E-state index < -0.39 is 11.4 Å². The Morgan fingerprint density at radius 2 is 1.91 bits per heavy atom. The van der Waals surface area contributed by atoms with Crippen molar-refractivity contribution in [3.63, 3.8) is 0 Å². The largest absolute Gasteiger partial charge is 0.481 e. The lowest BCUT2D eigenvalue weighted by Crippen LogP contribution is -2.32. The quantitative estimate of drug-likeness (QED) is 0.857. The summed E-state index contributed by atoms with van der Waals surface area (Å²) in [4.78, 5) is 23.5. The van der Waals surface area contributed by atoms with E-state index in [1.165, 1.54) is 0 Å². The number of aryl methyl sites for hydroxylation is 1. The van der Waals surface area contributed by atoms with Crippen molar-refractivity contribution < 1.29 is 14.7 Å². The molecule has 2 rings (SSSR count). The Labute approximate surface area is 135 Å². The van der Waals surface area contributed by atoms with E-state index in [9.17, 15) is 9.59 Å². The molecule has 0 saturated carbocycles. The highest BCUT2D eigenvalue weighted by Crippen LogP contribution is 2.22. The van der Waals surface area contributed by atoms with Crippen LogP contribution < -0.4 is 5.32 Å². The molecule has 0 aliphatic heterocycles. The van der Waals surface area contributed by atoms with Gasteiger partial charge in [-0.1, -0.05) is 30.3 Å². The molecular formula is C17H21N3O3. The maximum Gasteiger partial charge on any atom is 0.309 e. The average Bonchev–Trinajstić information content (AvgIpc) is 2.90. The smallest absolute Gasteiger partial charge is 0.309 e. The Kier molecular flexibility index (Phi) is 4.83. The van der Waals surface area contributed by atoms with Gasteiger partial charge in [-0.2, -0.15) is 5.10 Å². The number of aromatic nitrogens is 2. The van der Waals surface area contributed by atoms with E-state index in [0.29, 0.717) is 24.2 Å². The topological polar surface area (TPSA) is 84.2 Å². The molecule has 0 bridgehead atoms. The van der Waals surface area contributed by atoms with E-state index in [0.717, 1.165) is 5.56 Å². The van der Waals surface area contributed by atoms with Crippen LogP contribution in [-0.4, -0.2) is 33.3 Å². The van der Waals surface area contributed by atoms with Crippen molar-refractivity contribution in [2.75, 3.05) is 6.54 Å². The lowest BCUT2D eigenvalue weighted by Gasteiger charge is -2.18. The van der Waals surface area contributed by atoms with E-state index in [1.54, 1.807) is 31.8 Å². The Bertz CT molecular complexity index is 705. The highest BCUT2D eigenvalue weighted by Gasteiger charge is 2.27. The van der Waals surface area contributed by atoms with E-state index >= 15 is 0 Å². The normalized spacial score (nSPS) is 11.3. The lowest BCUT2D eigenvalue weighted by atomic mass is 9.89. The van der Waals surface area contributed by atoms with Crippen molar-refractivity contribution in [2.24, 2.45) is 12.5 Å².